The van der Waals surface area contributed by atoms with Crippen molar-refractivity contribution in [3.63, 3.8) is 0 Å². The Bertz CT molecular complexity index is 1080. The Morgan fingerprint density at radius 2 is 2.14 bits per heavy atom. The third-order valence-corrected chi connectivity index (χ3v) is 9.18. The van der Waals surface area contributed by atoms with E-state index in [2.05, 4.69) is 49.7 Å². The molecule has 1 saturated heterocycles. The van der Waals surface area contributed by atoms with Gasteiger partial charge in [0.1, 0.15) is 30.5 Å². The summed E-state index contributed by atoms with van der Waals surface area (Å²) < 4.78 is 28.7. The Kier molecular flexibility index (Phi) is 18.6. The van der Waals surface area contributed by atoms with Crippen LogP contribution < -0.4 is 21.1 Å². The molecule has 0 aliphatic carbocycles. The molecule has 4 atom stereocenters. The van der Waals surface area contributed by atoms with Gasteiger partial charge in [-0.3, -0.25) is 9.59 Å². The maximum Gasteiger partial charge on any atom is 0.251 e. The van der Waals surface area contributed by atoms with E-state index in [9.17, 15) is 14.7 Å². The van der Waals surface area contributed by atoms with Gasteiger partial charge in [0.05, 0.1) is 39.1 Å². The lowest BCUT2D eigenvalue weighted by molar-refractivity contribution is -0.126. The van der Waals surface area contributed by atoms with Crippen LogP contribution in [-0.2, 0) is 23.7 Å². The summed E-state index contributed by atoms with van der Waals surface area (Å²) in [5.41, 5.74) is 5.64. The number of hydrogen-bond donors (Lipinski definition) is 4. The first-order valence-corrected chi connectivity index (χ1v) is 16.7. The van der Waals surface area contributed by atoms with Crippen molar-refractivity contribution < 1.29 is 38.4 Å². The number of aliphatic hydroxyl groups is 1. The molecule has 11 nitrogen and oxygen atoms in total. The second-order valence-electron chi connectivity index (χ2n) is 10.6. The Balaban J connectivity index is 1.68. The van der Waals surface area contributed by atoms with Crippen LogP contribution in [0.15, 0.2) is 36.9 Å². The number of rotatable bonds is 20. The number of benzene rings is 1. The van der Waals surface area contributed by atoms with Crippen LogP contribution in [-0.4, -0.2) is 112 Å². The van der Waals surface area contributed by atoms with E-state index in [1.165, 1.54) is 0 Å². The van der Waals surface area contributed by atoms with Gasteiger partial charge in [-0.15, -0.1) is 6.58 Å². The number of amides is 2. The van der Waals surface area contributed by atoms with Crippen molar-refractivity contribution in [3.05, 3.63) is 42.5 Å². The number of hydrogen-bond acceptors (Lipinski definition) is 11. The zero-order valence-corrected chi connectivity index (χ0v) is 27.4. The molecule has 0 saturated carbocycles. The smallest absolute Gasteiger partial charge is 0.251 e. The third kappa shape index (κ3) is 16.2. The molecule has 1 radical (unpaired) electrons. The highest BCUT2D eigenvalue weighted by molar-refractivity contribution is 8.77. The largest absolute Gasteiger partial charge is 0.490 e. The number of nitrogens with one attached hydrogen (secondary N) is 2. The van der Waals surface area contributed by atoms with Crippen molar-refractivity contribution in [3.8, 4) is 17.5 Å². The lowest BCUT2D eigenvalue weighted by Gasteiger charge is -2.22. The highest BCUT2D eigenvalue weighted by Crippen LogP contribution is 2.38. The molecule has 2 amide bonds. The third-order valence-electron chi connectivity index (χ3n) is 5.66. The summed E-state index contributed by atoms with van der Waals surface area (Å²) >= 11 is 0. The van der Waals surface area contributed by atoms with Crippen molar-refractivity contribution in [2.24, 2.45) is 5.73 Å². The molecule has 1 fully saturated rings. The van der Waals surface area contributed by atoms with Crippen LogP contribution in [0.2, 0.25) is 0 Å². The van der Waals surface area contributed by atoms with E-state index in [1.807, 2.05) is 0 Å². The van der Waals surface area contributed by atoms with Gasteiger partial charge in [0.25, 0.3) is 13.2 Å². The molecule has 5 N–H and O–H groups in total. The molecule has 14 heteroatoms. The SMILES string of the molecule is C=CCO[C@@H]1C[C@H]([B]C#CCNC(=O)COCCOC(COc2cccc(C(=O)NCCN)c2)SSC(C)(C)C)OC1CO. The molecule has 2 unspecified atom stereocenters. The van der Waals surface area contributed by atoms with Crippen molar-refractivity contribution in [2.75, 3.05) is 59.3 Å². The first-order chi connectivity index (χ1) is 21.1. The van der Waals surface area contributed by atoms with Crippen molar-refractivity contribution in [1.29, 1.82) is 0 Å². The quantitative estimate of drug-likeness (QED) is 0.0408. The average molecular weight is 651 g/mol. The van der Waals surface area contributed by atoms with E-state index >= 15 is 0 Å². The standard InChI is InChI=1S/C30H45BN3O8S2/c1-5-14-39-24-18-26(42-25(24)19-35)31-10-7-12-33-27(36)20-38-15-16-40-28(43-44-30(2,3)4)21-41-23-9-6-8-22(17-23)29(37)34-13-11-32/h5-6,8-9,17,24-26,28,35H,1,11-16,18-21,32H2,2-4H3,(H,33,36)(H,34,37)/t24-,25?,26-,28?/m1/s1. The topological polar surface area (TPSA) is 151 Å². The fraction of sp³-hybridized carbons (Fsp3) is 0.600. The average Bonchev–Trinajstić information content (AvgIpc) is 3.40. The van der Waals surface area contributed by atoms with E-state index in [0.717, 1.165) is 0 Å². The van der Waals surface area contributed by atoms with E-state index in [4.69, 9.17) is 29.4 Å². The van der Waals surface area contributed by atoms with Gasteiger partial charge in [-0.05, 0) is 24.6 Å². The minimum Gasteiger partial charge on any atom is -0.490 e. The predicted molar refractivity (Wildman–Crippen MR) is 176 cm³/mol. The van der Waals surface area contributed by atoms with Crippen molar-refractivity contribution in [1.82, 2.24) is 10.6 Å². The Morgan fingerprint density at radius 1 is 1.32 bits per heavy atom. The van der Waals surface area contributed by atoms with Crippen LogP contribution in [0.1, 0.15) is 37.6 Å². The maximum absolute atomic E-state index is 12.2. The summed E-state index contributed by atoms with van der Waals surface area (Å²) in [6, 6.07) is 6.69. The van der Waals surface area contributed by atoms with E-state index in [0.29, 0.717) is 37.4 Å². The molecule has 1 heterocycles. The van der Waals surface area contributed by atoms with E-state index in [1.54, 1.807) is 59.2 Å². The number of carbonyl (C=O) groups excluding carboxylic acids is 2. The van der Waals surface area contributed by atoms with E-state index < -0.39 is 6.10 Å². The fourth-order valence-electron chi connectivity index (χ4n) is 3.66. The van der Waals surface area contributed by atoms with Crippen molar-refractivity contribution >= 4 is 40.7 Å². The van der Waals surface area contributed by atoms with Gasteiger partial charge in [-0.2, -0.15) is 5.82 Å². The number of ether oxygens (including phenoxy) is 5. The highest BCUT2D eigenvalue weighted by atomic mass is 33.1. The molecule has 243 valence electrons. The molecule has 0 bridgehead atoms. The second kappa shape index (κ2) is 21.5. The Hall–Kier alpha value is -2.22. The zero-order valence-electron chi connectivity index (χ0n) is 25.8. The Labute approximate surface area is 269 Å². The summed E-state index contributed by atoms with van der Waals surface area (Å²) in [6.45, 7) is 11.8. The summed E-state index contributed by atoms with van der Waals surface area (Å²) in [5.74, 6) is 5.80. The van der Waals surface area contributed by atoms with Crippen LogP contribution >= 0.6 is 21.6 Å². The Morgan fingerprint density at radius 3 is 2.86 bits per heavy atom. The molecular formula is C30H45BN3O8S2. The summed E-state index contributed by atoms with van der Waals surface area (Å²) in [7, 11) is 4.93. The van der Waals surface area contributed by atoms with Gasteiger partial charge in [-0.1, -0.05) is 60.4 Å². The van der Waals surface area contributed by atoms with Gasteiger partial charge in [0.15, 0.2) is 0 Å². The molecule has 1 aromatic carbocycles. The summed E-state index contributed by atoms with van der Waals surface area (Å²) in [5, 5.41) is 14.9. The van der Waals surface area contributed by atoms with Crippen LogP contribution in [0.4, 0.5) is 0 Å². The lowest BCUT2D eigenvalue weighted by Crippen LogP contribution is -2.29. The molecule has 44 heavy (non-hydrogen) atoms. The lowest BCUT2D eigenvalue weighted by atomic mass is 9.71. The predicted octanol–water partition coefficient (Wildman–Crippen LogP) is 1.75. The molecule has 0 spiro atoms. The molecule has 1 aliphatic heterocycles. The number of aliphatic hydroxyl groups excluding tert-OH is 1. The molecule has 2 rings (SSSR count). The minimum absolute atomic E-state index is 0.0107. The van der Waals surface area contributed by atoms with Crippen molar-refractivity contribution in [2.45, 2.75) is 55.6 Å². The van der Waals surface area contributed by atoms with Gasteiger partial charge < -0.3 is 45.2 Å². The number of nitrogens with two attached hydrogens (primary N) is 1. The first kappa shape index (κ1) is 38.0. The first-order valence-electron chi connectivity index (χ1n) is 14.5. The molecular weight excluding hydrogens is 605 g/mol. The molecule has 1 aliphatic rings. The van der Waals surface area contributed by atoms with E-state index in [-0.39, 0.29) is 73.7 Å². The minimum atomic E-state index is -0.393. The van der Waals surface area contributed by atoms with Crippen LogP contribution in [0.25, 0.3) is 0 Å². The van der Waals surface area contributed by atoms with Gasteiger partial charge >= 0.3 is 0 Å². The number of carbonyl (C=O) groups is 2. The van der Waals surface area contributed by atoms with Gasteiger partial charge in [0.2, 0.25) is 5.91 Å². The normalized spacial score (nSPS) is 18.5. The van der Waals surface area contributed by atoms with Crippen LogP contribution in [0.3, 0.4) is 0 Å². The van der Waals surface area contributed by atoms with Crippen LogP contribution in [0.5, 0.6) is 5.75 Å². The highest BCUT2D eigenvalue weighted by Gasteiger charge is 2.35. The monoisotopic (exact) mass is 650 g/mol. The van der Waals surface area contributed by atoms with Crippen LogP contribution in [0, 0.1) is 11.7 Å². The summed E-state index contributed by atoms with van der Waals surface area (Å²) in [6.07, 6.45) is 1.65. The molecule has 1 aromatic rings. The molecule has 0 aromatic heterocycles. The van der Waals surface area contributed by atoms with Gasteiger partial charge in [0, 0.05) is 29.4 Å². The summed E-state index contributed by atoms with van der Waals surface area (Å²) in [4.78, 5) is 24.3. The second-order valence-corrected chi connectivity index (χ2v) is 13.8. The van der Waals surface area contributed by atoms with Gasteiger partial charge in [-0.25, -0.2) is 0 Å². The maximum atomic E-state index is 12.2. The fourth-order valence-corrected chi connectivity index (χ4v) is 5.86. The zero-order chi connectivity index (χ0) is 32.2.